The smallest absolute Gasteiger partial charge is 0.275 e. The molecule has 2 heterocycles. The number of pyridine rings is 1. The standard InChI is InChI=1S/C7H7ClN4O/c1-2-10-4-3(8)6(9)12-7(13)5(4)11-2/h1H3,(H,10,11)(H3,9,12,13). The highest BCUT2D eigenvalue weighted by Crippen LogP contribution is 2.22. The zero-order valence-corrected chi connectivity index (χ0v) is 7.57. The van der Waals surface area contributed by atoms with E-state index in [0.29, 0.717) is 16.9 Å². The molecule has 6 heteroatoms. The number of rotatable bonds is 0. The molecule has 68 valence electrons. The molecule has 0 unspecified atom stereocenters. The van der Waals surface area contributed by atoms with E-state index in [1.807, 2.05) is 0 Å². The first-order valence-electron chi connectivity index (χ1n) is 3.63. The third-order valence-corrected chi connectivity index (χ3v) is 2.12. The first-order valence-corrected chi connectivity index (χ1v) is 4.01. The van der Waals surface area contributed by atoms with Crippen LogP contribution in [0.4, 0.5) is 5.82 Å². The number of aryl methyl sites for hydroxylation is 1. The monoisotopic (exact) mass is 198 g/mol. The third kappa shape index (κ3) is 1.08. The third-order valence-electron chi connectivity index (χ3n) is 1.74. The lowest BCUT2D eigenvalue weighted by Crippen LogP contribution is -2.09. The van der Waals surface area contributed by atoms with E-state index in [1.165, 1.54) is 0 Å². The van der Waals surface area contributed by atoms with Crippen molar-refractivity contribution >= 4 is 28.5 Å². The Bertz CT molecular complexity index is 527. The molecule has 0 aliphatic rings. The molecular weight excluding hydrogens is 192 g/mol. The number of nitrogens with zero attached hydrogens (tertiary/aromatic N) is 1. The molecule has 0 amide bonds. The Morgan fingerprint density at radius 1 is 1.46 bits per heavy atom. The molecule has 0 aliphatic carbocycles. The minimum absolute atomic E-state index is 0.144. The molecule has 13 heavy (non-hydrogen) atoms. The normalized spacial score (nSPS) is 10.9. The van der Waals surface area contributed by atoms with E-state index >= 15 is 0 Å². The van der Waals surface area contributed by atoms with Crippen molar-refractivity contribution < 1.29 is 0 Å². The Labute approximate surface area is 77.9 Å². The minimum Gasteiger partial charge on any atom is -0.384 e. The van der Waals surface area contributed by atoms with Crippen molar-refractivity contribution in [2.75, 3.05) is 5.73 Å². The van der Waals surface area contributed by atoms with Gasteiger partial charge in [-0.1, -0.05) is 11.6 Å². The summed E-state index contributed by atoms with van der Waals surface area (Å²) >= 11 is 5.83. The van der Waals surface area contributed by atoms with Crippen molar-refractivity contribution in [2.45, 2.75) is 6.92 Å². The molecule has 2 aromatic heterocycles. The van der Waals surface area contributed by atoms with Crippen LogP contribution < -0.4 is 11.3 Å². The fourth-order valence-electron chi connectivity index (χ4n) is 1.18. The highest BCUT2D eigenvalue weighted by Gasteiger charge is 2.10. The molecule has 2 rings (SSSR count). The molecule has 5 nitrogen and oxygen atoms in total. The summed E-state index contributed by atoms with van der Waals surface area (Å²) in [5.41, 5.74) is 5.92. The summed E-state index contributed by atoms with van der Waals surface area (Å²) in [4.78, 5) is 20.6. The van der Waals surface area contributed by atoms with Crippen LogP contribution in [0.1, 0.15) is 5.82 Å². The lowest BCUT2D eigenvalue weighted by molar-refractivity contribution is 1.16. The molecule has 0 spiro atoms. The number of fused-ring (bicyclic) bond motifs is 1. The number of nitrogens with two attached hydrogens (primary N) is 1. The predicted molar refractivity (Wildman–Crippen MR) is 50.9 cm³/mol. The van der Waals surface area contributed by atoms with Gasteiger partial charge < -0.3 is 15.7 Å². The summed E-state index contributed by atoms with van der Waals surface area (Å²) in [6.07, 6.45) is 0. The zero-order valence-electron chi connectivity index (χ0n) is 6.81. The predicted octanol–water partition coefficient (Wildman–Crippen LogP) is 0.795. The average Bonchev–Trinajstić information content (AvgIpc) is 2.44. The van der Waals surface area contributed by atoms with Gasteiger partial charge in [-0.25, -0.2) is 4.98 Å². The van der Waals surface area contributed by atoms with Crippen LogP contribution in [0.2, 0.25) is 5.02 Å². The molecule has 0 atom stereocenters. The van der Waals surface area contributed by atoms with E-state index in [9.17, 15) is 4.79 Å². The molecule has 0 bridgehead atoms. The molecule has 2 aromatic rings. The highest BCUT2D eigenvalue weighted by molar-refractivity contribution is 6.37. The van der Waals surface area contributed by atoms with Crippen LogP contribution in [0.15, 0.2) is 4.79 Å². The SMILES string of the molecule is Cc1nc2c(Cl)c(N)[nH]c(=O)c2[nH]1. The van der Waals surface area contributed by atoms with Crippen LogP contribution in [0.25, 0.3) is 11.0 Å². The number of H-pyrrole nitrogens is 2. The van der Waals surface area contributed by atoms with Crippen molar-refractivity contribution in [3.63, 3.8) is 0 Å². The van der Waals surface area contributed by atoms with Crippen LogP contribution in [-0.2, 0) is 0 Å². The van der Waals surface area contributed by atoms with Crippen LogP contribution in [0, 0.1) is 6.92 Å². The van der Waals surface area contributed by atoms with Gasteiger partial charge in [0.25, 0.3) is 5.56 Å². The van der Waals surface area contributed by atoms with Gasteiger partial charge in [-0.3, -0.25) is 4.79 Å². The van der Waals surface area contributed by atoms with Crippen molar-refractivity contribution in [1.82, 2.24) is 15.0 Å². The second-order valence-corrected chi connectivity index (χ2v) is 3.11. The lowest BCUT2D eigenvalue weighted by atomic mass is 10.4. The van der Waals surface area contributed by atoms with Gasteiger partial charge in [-0.15, -0.1) is 0 Å². The maximum absolute atomic E-state index is 11.3. The van der Waals surface area contributed by atoms with Crippen LogP contribution in [0.5, 0.6) is 0 Å². The largest absolute Gasteiger partial charge is 0.384 e. The molecule has 0 saturated heterocycles. The van der Waals surface area contributed by atoms with Crippen LogP contribution in [-0.4, -0.2) is 15.0 Å². The summed E-state index contributed by atoms with van der Waals surface area (Å²) in [6, 6.07) is 0. The van der Waals surface area contributed by atoms with Crippen molar-refractivity contribution in [1.29, 1.82) is 0 Å². The van der Waals surface area contributed by atoms with Gasteiger partial charge >= 0.3 is 0 Å². The summed E-state index contributed by atoms with van der Waals surface area (Å²) in [7, 11) is 0. The maximum Gasteiger partial charge on any atom is 0.275 e. The first-order chi connectivity index (χ1) is 6.09. The zero-order chi connectivity index (χ0) is 9.59. The first kappa shape index (κ1) is 8.12. The Morgan fingerprint density at radius 2 is 2.15 bits per heavy atom. The molecule has 0 aliphatic heterocycles. The second-order valence-electron chi connectivity index (χ2n) is 2.73. The number of hydrogen-bond donors (Lipinski definition) is 3. The van der Waals surface area contributed by atoms with Crippen LogP contribution in [0.3, 0.4) is 0 Å². The summed E-state index contributed by atoms with van der Waals surface area (Å²) in [5.74, 6) is 0.777. The Morgan fingerprint density at radius 3 is 2.85 bits per heavy atom. The van der Waals surface area contributed by atoms with Crippen molar-refractivity contribution in [3.8, 4) is 0 Å². The highest BCUT2D eigenvalue weighted by atomic mass is 35.5. The molecule has 0 fully saturated rings. The molecule has 0 saturated carbocycles. The average molecular weight is 199 g/mol. The summed E-state index contributed by atoms with van der Waals surface area (Å²) in [5, 5.41) is 0.277. The summed E-state index contributed by atoms with van der Waals surface area (Å²) < 4.78 is 0. The fraction of sp³-hybridized carbons (Fsp3) is 0.143. The van der Waals surface area contributed by atoms with Gasteiger partial charge in [0.15, 0.2) is 0 Å². The van der Waals surface area contributed by atoms with E-state index in [1.54, 1.807) is 6.92 Å². The molecule has 4 N–H and O–H groups in total. The van der Waals surface area contributed by atoms with Crippen molar-refractivity contribution in [3.05, 3.63) is 21.2 Å². The fourth-order valence-corrected chi connectivity index (χ4v) is 1.37. The Kier molecular flexibility index (Phi) is 1.56. The van der Waals surface area contributed by atoms with Gasteiger partial charge in [-0.05, 0) is 6.92 Å². The Hall–Kier alpha value is -1.49. The second kappa shape index (κ2) is 2.50. The van der Waals surface area contributed by atoms with E-state index in [2.05, 4.69) is 15.0 Å². The topological polar surface area (TPSA) is 87.6 Å². The number of hydrogen-bond acceptors (Lipinski definition) is 3. The number of aromatic amines is 2. The van der Waals surface area contributed by atoms with E-state index < -0.39 is 0 Å². The van der Waals surface area contributed by atoms with Gasteiger partial charge in [0.1, 0.15) is 27.7 Å². The van der Waals surface area contributed by atoms with Gasteiger partial charge in [0.2, 0.25) is 0 Å². The minimum atomic E-state index is -0.308. The molecule has 0 aromatic carbocycles. The molecule has 0 radical (unpaired) electrons. The summed E-state index contributed by atoms with van der Waals surface area (Å²) in [6.45, 7) is 1.74. The van der Waals surface area contributed by atoms with Gasteiger partial charge in [-0.2, -0.15) is 0 Å². The van der Waals surface area contributed by atoms with E-state index in [-0.39, 0.29) is 16.4 Å². The lowest BCUT2D eigenvalue weighted by Gasteiger charge is -1.96. The maximum atomic E-state index is 11.3. The van der Waals surface area contributed by atoms with Crippen molar-refractivity contribution in [2.24, 2.45) is 0 Å². The Balaban J connectivity index is 3.04. The van der Waals surface area contributed by atoms with Gasteiger partial charge in [0.05, 0.1) is 0 Å². The number of anilines is 1. The molecular formula is C7H7ClN4O. The number of nitrogen functional groups attached to an aromatic ring is 1. The van der Waals surface area contributed by atoms with Gasteiger partial charge in [0, 0.05) is 0 Å². The number of halogens is 1. The quantitative estimate of drug-likeness (QED) is 0.585. The number of nitrogens with one attached hydrogen (secondary N) is 2. The van der Waals surface area contributed by atoms with Crippen LogP contribution >= 0.6 is 11.6 Å². The number of imidazole rings is 1. The van der Waals surface area contributed by atoms with E-state index in [4.69, 9.17) is 17.3 Å². The number of aromatic nitrogens is 3. The van der Waals surface area contributed by atoms with E-state index in [0.717, 1.165) is 0 Å².